The molecule has 0 radical (unpaired) electrons. The minimum absolute atomic E-state index is 0. The van der Waals surface area contributed by atoms with Crippen molar-refractivity contribution in [1.29, 1.82) is 0 Å². The van der Waals surface area contributed by atoms with Crippen molar-refractivity contribution in [3.63, 3.8) is 0 Å². The zero-order valence-corrected chi connectivity index (χ0v) is 14.5. The van der Waals surface area contributed by atoms with E-state index in [2.05, 4.69) is 4.72 Å². The normalized spacial score (nSPS) is 19.2. The molecule has 3 rings (SSSR count). The summed E-state index contributed by atoms with van der Waals surface area (Å²) in [4.78, 5) is 0.188. The van der Waals surface area contributed by atoms with E-state index >= 15 is 0 Å². The summed E-state index contributed by atoms with van der Waals surface area (Å²) in [6, 6.07) is 4.48. The van der Waals surface area contributed by atoms with Gasteiger partial charge in [0.05, 0.1) is 4.90 Å². The SMILES string of the molecule is Cl.NCC(NS(=O)(=O)c1ccc2c(c1)OCCO2)C1CCCC1. The van der Waals surface area contributed by atoms with Crippen molar-refractivity contribution in [3.8, 4) is 11.5 Å². The van der Waals surface area contributed by atoms with Crippen LogP contribution in [-0.2, 0) is 10.0 Å². The van der Waals surface area contributed by atoms with E-state index < -0.39 is 10.0 Å². The molecule has 6 nitrogen and oxygen atoms in total. The minimum atomic E-state index is -3.61. The average Bonchev–Trinajstić information content (AvgIpc) is 3.06. The fraction of sp³-hybridized carbons (Fsp3) is 0.600. The first-order valence-corrected chi connectivity index (χ1v) is 9.20. The topological polar surface area (TPSA) is 90.7 Å². The summed E-state index contributed by atoms with van der Waals surface area (Å²) in [6.07, 6.45) is 4.36. The van der Waals surface area contributed by atoms with Gasteiger partial charge in [-0.25, -0.2) is 13.1 Å². The van der Waals surface area contributed by atoms with E-state index in [4.69, 9.17) is 15.2 Å². The predicted octanol–water partition coefficient (Wildman–Crippen LogP) is 1.68. The van der Waals surface area contributed by atoms with Crippen molar-refractivity contribution in [2.75, 3.05) is 19.8 Å². The summed E-state index contributed by atoms with van der Waals surface area (Å²) in [6.45, 7) is 1.22. The van der Waals surface area contributed by atoms with E-state index in [1.165, 1.54) is 12.1 Å². The zero-order chi connectivity index (χ0) is 15.6. The highest BCUT2D eigenvalue weighted by molar-refractivity contribution is 7.89. The first-order chi connectivity index (χ1) is 10.6. The molecule has 0 bridgehead atoms. The number of halogens is 1. The molecule has 1 saturated carbocycles. The molecule has 0 spiro atoms. The standard InChI is InChI=1S/C15H22N2O4S.ClH/c16-10-13(11-3-1-2-4-11)17-22(18,19)12-5-6-14-15(9-12)21-8-7-20-14;/h5-6,9,11,13,17H,1-4,7-8,10,16H2;1H. The predicted molar refractivity (Wildman–Crippen MR) is 89.8 cm³/mol. The highest BCUT2D eigenvalue weighted by Crippen LogP contribution is 2.33. The summed E-state index contributed by atoms with van der Waals surface area (Å²) in [7, 11) is -3.61. The molecule has 1 aromatic carbocycles. The molecule has 1 fully saturated rings. The van der Waals surface area contributed by atoms with Gasteiger partial charge in [-0.15, -0.1) is 12.4 Å². The van der Waals surface area contributed by atoms with Gasteiger partial charge in [-0.1, -0.05) is 12.8 Å². The molecule has 1 aliphatic carbocycles. The second-order valence-electron chi connectivity index (χ2n) is 5.81. The number of nitrogens with two attached hydrogens (primary N) is 1. The molecule has 1 aromatic rings. The molecule has 23 heavy (non-hydrogen) atoms. The van der Waals surface area contributed by atoms with E-state index in [9.17, 15) is 8.42 Å². The lowest BCUT2D eigenvalue weighted by Gasteiger charge is -2.24. The fourth-order valence-electron chi connectivity index (χ4n) is 3.15. The van der Waals surface area contributed by atoms with Crippen LogP contribution in [0.5, 0.6) is 11.5 Å². The Morgan fingerprint density at radius 2 is 1.83 bits per heavy atom. The largest absolute Gasteiger partial charge is 0.486 e. The molecule has 1 unspecified atom stereocenters. The average molecular weight is 363 g/mol. The van der Waals surface area contributed by atoms with Gasteiger partial charge in [-0.2, -0.15) is 0 Å². The summed E-state index contributed by atoms with van der Waals surface area (Å²) >= 11 is 0. The molecule has 8 heteroatoms. The monoisotopic (exact) mass is 362 g/mol. The molecular weight excluding hydrogens is 340 g/mol. The molecule has 1 heterocycles. The molecular formula is C15H23ClN2O4S. The molecule has 2 aliphatic rings. The molecule has 0 aromatic heterocycles. The first-order valence-electron chi connectivity index (χ1n) is 7.72. The third kappa shape index (κ3) is 4.09. The summed E-state index contributed by atoms with van der Waals surface area (Å²) in [5.74, 6) is 1.38. The van der Waals surface area contributed by atoms with Crippen LogP contribution in [0.4, 0.5) is 0 Å². The maximum absolute atomic E-state index is 12.6. The summed E-state index contributed by atoms with van der Waals surface area (Å²) in [5.41, 5.74) is 5.78. The molecule has 0 saturated heterocycles. The van der Waals surface area contributed by atoms with Crippen LogP contribution in [0.25, 0.3) is 0 Å². The first kappa shape index (κ1) is 18.3. The Kier molecular flexibility index (Phi) is 6.13. The zero-order valence-electron chi connectivity index (χ0n) is 12.9. The van der Waals surface area contributed by atoms with Crippen LogP contribution in [0.3, 0.4) is 0 Å². The van der Waals surface area contributed by atoms with Gasteiger partial charge in [-0.3, -0.25) is 0 Å². The smallest absolute Gasteiger partial charge is 0.241 e. The van der Waals surface area contributed by atoms with Gasteiger partial charge in [0.15, 0.2) is 11.5 Å². The van der Waals surface area contributed by atoms with E-state index in [-0.39, 0.29) is 23.3 Å². The lowest BCUT2D eigenvalue weighted by atomic mass is 9.99. The lowest BCUT2D eigenvalue weighted by Crippen LogP contribution is -2.44. The van der Waals surface area contributed by atoms with Crippen molar-refractivity contribution < 1.29 is 17.9 Å². The van der Waals surface area contributed by atoms with Crippen LogP contribution in [0.1, 0.15) is 25.7 Å². The van der Waals surface area contributed by atoms with Gasteiger partial charge in [-0.05, 0) is 30.9 Å². The van der Waals surface area contributed by atoms with Gasteiger partial charge in [0.2, 0.25) is 10.0 Å². The van der Waals surface area contributed by atoms with Crippen LogP contribution in [0.2, 0.25) is 0 Å². The van der Waals surface area contributed by atoms with E-state index in [0.717, 1.165) is 25.7 Å². The Balaban J connectivity index is 0.00000192. The lowest BCUT2D eigenvalue weighted by molar-refractivity contribution is 0.171. The highest BCUT2D eigenvalue weighted by Gasteiger charge is 2.29. The molecule has 3 N–H and O–H groups in total. The highest BCUT2D eigenvalue weighted by atomic mass is 35.5. The Morgan fingerprint density at radius 3 is 2.48 bits per heavy atom. The number of nitrogens with one attached hydrogen (secondary N) is 1. The second kappa shape index (κ2) is 7.70. The Bertz CT molecular complexity index is 632. The Labute approximate surface area is 143 Å². The number of ether oxygens (including phenoxy) is 2. The number of hydrogen-bond donors (Lipinski definition) is 2. The second-order valence-corrected chi connectivity index (χ2v) is 7.53. The van der Waals surface area contributed by atoms with Gasteiger partial charge >= 0.3 is 0 Å². The van der Waals surface area contributed by atoms with Crippen molar-refractivity contribution in [3.05, 3.63) is 18.2 Å². The van der Waals surface area contributed by atoms with Crippen molar-refractivity contribution >= 4 is 22.4 Å². The van der Waals surface area contributed by atoms with Crippen LogP contribution in [0, 0.1) is 5.92 Å². The van der Waals surface area contributed by atoms with Crippen molar-refractivity contribution in [1.82, 2.24) is 4.72 Å². The van der Waals surface area contributed by atoms with Gasteiger partial charge in [0.25, 0.3) is 0 Å². The van der Waals surface area contributed by atoms with Crippen LogP contribution in [0.15, 0.2) is 23.1 Å². The van der Waals surface area contributed by atoms with Crippen molar-refractivity contribution in [2.24, 2.45) is 11.7 Å². The summed E-state index contributed by atoms with van der Waals surface area (Å²) < 4.78 is 38.8. The maximum atomic E-state index is 12.6. The Hall–Kier alpha value is -1.02. The molecule has 1 aliphatic heterocycles. The fourth-order valence-corrected chi connectivity index (χ4v) is 4.49. The van der Waals surface area contributed by atoms with E-state index in [0.29, 0.717) is 37.2 Å². The molecule has 1 atom stereocenters. The maximum Gasteiger partial charge on any atom is 0.241 e. The third-order valence-corrected chi connectivity index (χ3v) is 5.84. The summed E-state index contributed by atoms with van der Waals surface area (Å²) in [5, 5.41) is 0. The number of rotatable bonds is 5. The quantitative estimate of drug-likeness (QED) is 0.831. The number of hydrogen-bond acceptors (Lipinski definition) is 5. The van der Waals surface area contributed by atoms with Gasteiger partial charge < -0.3 is 15.2 Å². The number of benzene rings is 1. The van der Waals surface area contributed by atoms with Crippen molar-refractivity contribution in [2.45, 2.75) is 36.6 Å². The van der Waals surface area contributed by atoms with E-state index in [1.54, 1.807) is 6.07 Å². The van der Waals surface area contributed by atoms with Crippen LogP contribution in [-0.4, -0.2) is 34.2 Å². The van der Waals surface area contributed by atoms with Gasteiger partial charge in [0, 0.05) is 18.7 Å². The van der Waals surface area contributed by atoms with Crippen LogP contribution < -0.4 is 19.9 Å². The van der Waals surface area contributed by atoms with Crippen LogP contribution >= 0.6 is 12.4 Å². The molecule has 130 valence electrons. The minimum Gasteiger partial charge on any atom is -0.486 e. The Morgan fingerprint density at radius 1 is 1.17 bits per heavy atom. The molecule has 0 amide bonds. The van der Waals surface area contributed by atoms with E-state index in [1.807, 2.05) is 0 Å². The number of sulfonamides is 1. The van der Waals surface area contributed by atoms with Gasteiger partial charge in [0.1, 0.15) is 13.2 Å². The third-order valence-electron chi connectivity index (χ3n) is 4.35. The number of fused-ring (bicyclic) bond motifs is 1.